The van der Waals surface area contributed by atoms with Crippen molar-refractivity contribution >= 4 is 5.97 Å². The van der Waals surface area contributed by atoms with Gasteiger partial charge in [0.25, 0.3) is 0 Å². The fraction of sp³-hybridized carbons (Fsp3) is 0.609. The summed E-state index contributed by atoms with van der Waals surface area (Å²) in [7, 11) is 1.35. The van der Waals surface area contributed by atoms with Crippen molar-refractivity contribution < 1.29 is 63.9 Å². The molecule has 5 rings (SSSR count). The number of phenols is 1. The van der Waals surface area contributed by atoms with E-state index >= 15 is 0 Å². The van der Waals surface area contributed by atoms with E-state index in [4.69, 9.17) is 28.4 Å². The van der Waals surface area contributed by atoms with Gasteiger partial charge in [0, 0.05) is 5.92 Å². The van der Waals surface area contributed by atoms with Crippen molar-refractivity contribution in [1.82, 2.24) is 0 Å². The van der Waals surface area contributed by atoms with Crippen LogP contribution in [0, 0.1) is 11.8 Å². The molecule has 11 atom stereocenters. The molecule has 0 unspecified atom stereocenters. The van der Waals surface area contributed by atoms with Gasteiger partial charge in [0.15, 0.2) is 17.8 Å². The number of methoxy groups -OCH3 is 1. The molecule has 13 heteroatoms. The fourth-order valence-corrected chi connectivity index (χ4v) is 5.22. The van der Waals surface area contributed by atoms with E-state index in [-0.39, 0.29) is 23.7 Å². The van der Waals surface area contributed by atoms with Crippen LogP contribution in [0.25, 0.3) is 0 Å². The number of ether oxygens (including phenoxy) is 6. The van der Waals surface area contributed by atoms with E-state index in [0.717, 1.165) is 0 Å². The van der Waals surface area contributed by atoms with Gasteiger partial charge in [0.1, 0.15) is 42.7 Å². The van der Waals surface area contributed by atoms with E-state index in [1.165, 1.54) is 31.6 Å². The minimum atomic E-state index is -1.66. The maximum absolute atomic E-state index is 12.7. The number of aliphatic hydroxyl groups is 5. The third kappa shape index (κ3) is 4.01. The second-order valence-corrected chi connectivity index (χ2v) is 9.22. The van der Waals surface area contributed by atoms with Gasteiger partial charge in [0.05, 0.1) is 37.6 Å². The lowest BCUT2D eigenvalue weighted by Gasteiger charge is -2.43. The van der Waals surface area contributed by atoms with E-state index in [1.54, 1.807) is 6.08 Å². The van der Waals surface area contributed by atoms with Crippen molar-refractivity contribution in [2.45, 2.75) is 54.8 Å². The monoisotopic (exact) mass is 512 g/mol. The predicted octanol–water partition coefficient (Wildman–Crippen LogP) is -2.01. The third-order valence-corrected chi connectivity index (χ3v) is 7.22. The maximum Gasteiger partial charge on any atom is 0.338 e. The molecule has 3 fully saturated rings. The van der Waals surface area contributed by atoms with Gasteiger partial charge in [-0.05, 0) is 24.3 Å². The van der Waals surface area contributed by atoms with Gasteiger partial charge in [-0.25, -0.2) is 4.79 Å². The molecular formula is C23H28O13. The van der Waals surface area contributed by atoms with Gasteiger partial charge >= 0.3 is 5.97 Å². The lowest BCUT2D eigenvalue weighted by atomic mass is 9.85. The number of hydrogen-bond acceptors (Lipinski definition) is 13. The highest BCUT2D eigenvalue weighted by Crippen LogP contribution is 2.60. The Balaban J connectivity index is 1.32. The van der Waals surface area contributed by atoms with Crippen LogP contribution in [0.5, 0.6) is 11.5 Å². The first-order valence-corrected chi connectivity index (χ1v) is 11.4. The Bertz CT molecular complexity index is 1010. The number of carbonyl (C=O) groups excluding carboxylic acids is 1. The quantitative estimate of drug-likeness (QED) is 0.173. The lowest BCUT2D eigenvalue weighted by Crippen LogP contribution is -2.60. The fourth-order valence-electron chi connectivity index (χ4n) is 5.22. The molecule has 36 heavy (non-hydrogen) atoms. The SMILES string of the molecule is COc1cc(C(=O)OC[C@]23O[C@H]2[C@@H](O)[C@@H]2C=CO[C@@H](O[C@H]4O[C@H](CO)[C@H](O)[C@@H](O)[C@H]4O)[C@@H]23)ccc1O. The van der Waals surface area contributed by atoms with Gasteiger partial charge < -0.3 is 59.1 Å². The minimum absolute atomic E-state index is 0.0957. The molecule has 1 aromatic rings. The van der Waals surface area contributed by atoms with E-state index in [0.29, 0.717) is 0 Å². The first-order valence-electron chi connectivity index (χ1n) is 11.4. The third-order valence-electron chi connectivity index (χ3n) is 7.22. The van der Waals surface area contributed by atoms with Crippen LogP contribution in [0.15, 0.2) is 30.5 Å². The second kappa shape index (κ2) is 9.43. The number of carbonyl (C=O) groups is 1. The molecule has 0 amide bonds. The van der Waals surface area contributed by atoms with Crippen molar-refractivity contribution in [1.29, 1.82) is 0 Å². The van der Waals surface area contributed by atoms with E-state index in [1.807, 2.05) is 0 Å². The number of aromatic hydroxyl groups is 1. The highest BCUT2D eigenvalue weighted by molar-refractivity contribution is 5.90. The largest absolute Gasteiger partial charge is 0.504 e. The van der Waals surface area contributed by atoms with Crippen LogP contribution in [0.1, 0.15) is 10.4 Å². The van der Waals surface area contributed by atoms with Crippen LogP contribution in [-0.2, 0) is 23.7 Å². The molecule has 1 saturated carbocycles. The molecule has 0 aromatic heterocycles. The molecule has 2 saturated heterocycles. The summed E-state index contributed by atoms with van der Waals surface area (Å²) in [4.78, 5) is 12.7. The Morgan fingerprint density at radius 3 is 2.58 bits per heavy atom. The van der Waals surface area contributed by atoms with Crippen LogP contribution < -0.4 is 4.74 Å². The molecule has 4 aliphatic rings. The molecule has 1 aliphatic carbocycles. The molecule has 0 radical (unpaired) electrons. The van der Waals surface area contributed by atoms with Crippen molar-refractivity contribution in [2.24, 2.45) is 11.8 Å². The predicted molar refractivity (Wildman–Crippen MR) is 114 cm³/mol. The normalized spacial score (nSPS) is 42.7. The van der Waals surface area contributed by atoms with Crippen LogP contribution in [-0.4, -0.2) is 112 Å². The summed E-state index contributed by atoms with van der Waals surface area (Å²) in [5, 5.41) is 60.4. The first-order chi connectivity index (χ1) is 17.2. The van der Waals surface area contributed by atoms with E-state index < -0.39 is 79.2 Å². The summed E-state index contributed by atoms with van der Waals surface area (Å²) in [6.07, 6.45) is -7.35. The van der Waals surface area contributed by atoms with Crippen LogP contribution >= 0.6 is 0 Å². The minimum Gasteiger partial charge on any atom is -0.504 e. The van der Waals surface area contributed by atoms with Crippen molar-refractivity contribution in [3.8, 4) is 11.5 Å². The Labute approximate surface area is 205 Å². The lowest BCUT2D eigenvalue weighted by molar-refractivity contribution is -0.344. The maximum atomic E-state index is 12.7. The zero-order valence-corrected chi connectivity index (χ0v) is 19.1. The smallest absolute Gasteiger partial charge is 0.338 e. The van der Waals surface area contributed by atoms with E-state index in [2.05, 4.69) is 0 Å². The summed E-state index contributed by atoms with van der Waals surface area (Å²) in [5.74, 6) is -1.96. The Kier molecular flexibility index (Phi) is 6.59. The van der Waals surface area contributed by atoms with Gasteiger partial charge in [-0.2, -0.15) is 0 Å². The van der Waals surface area contributed by atoms with Gasteiger partial charge in [-0.1, -0.05) is 0 Å². The number of hydrogen-bond donors (Lipinski definition) is 6. The van der Waals surface area contributed by atoms with Crippen LogP contribution in [0.2, 0.25) is 0 Å². The summed E-state index contributed by atoms with van der Waals surface area (Å²) < 4.78 is 33.1. The molecule has 1 aromatic carbocycles. The average molecular weight is 512 g/mol. The summed E-state index contributed by atoms with van der Waals surface area (Å²) >= 11 is 0. The molecule has 13 nitrogen and oxygen atoms in total. The number of esters is 1. The molecule has 6 N–H and O–H groups in total. The number of aliphatic hydroxyl groups excluding tert-OH is 5. The molecule has 3 aliphatic heterocycles. The molecule has 3 heterocycles. The molecular weight excluding hydrogens is 484 g/mol. The van der Waals surface area contributed by atoms with Gasteiger partial charge in [-0.15, -0.1) is 0 Å². The highest BCUT2D eigenvalue weighted by atomic mass is 16.8. The average Bonchev–Trinajstić information content (AvgIpc) is 3.57. The number of rotatable bonds is 7. The number of benzene rings is 1. The summed E-state index contributed by atoms with van der Waals surface area (Å²) in [6, 6.07) is 3.99. The highest BCUT2D eigenvalue weighted by Gasteiger charge is 2.76. The zero-order valence-electron chi connectivity index (χ0n) is 19.1. The molecule has 0 spiro atoms. The standard InChI is InChI=1S/C23H28O13/c1-31-12-6-9(2-3-11(12)25)20(30)33-8-23-14-10(15(26)19(23)36-23)4-5-32-21(14)35-22-18(29)17(28)16(27)13(7-24)34-22/h2-6,10,13-19,21-22,24-29H,7-8H2,1H3/t10-,13-,14-,15+,16+,17-,18-,19+,21+,22-,23-/m1/s1. The van der Waals surface area contributed by atoms with Crippen molar-refractivity contribution in [2.75, 3.05) is 20.3 Å². The van der Waals surface area contributed by atoms with Gasteiger partial charge in [0.2, 0.25) is 6.29 Å². The second-order valence-electron chi connectivity index (χ2n) is 9.22. The van der Waals surface area contributed by atoms with E-state index in [9.17, 15) is 35.4 Å². The Morgan fingerprint density at radius 2 is 1.86 bits per heavy atom. The molecule has 198 valence electrons. The molecule has 0 bridgehead atoms. The number of fused-ring (bicyclic) bond motifs is 3. The van der Waals surface area contributed by atoms with Crippen LogP contribution in [0.3, 0.4) is 0 Å². The Hall–Kier alpha value is -2.49. The zero-order chi connectivity index (χ0) is 25.8. The van der Waals surface area contributed by atoms with Crippen LogP contribution in [0.4, 0.5) is 0 Å². The first kappa shape index (κ1) is 25.2. The number of epoxide rings is 1. The van der Waals surface area contributed by atoms with Gasteiger partial charge in [-0.3, -0.25) is 0 Å². The van der Waals surface area contributed by atoms with Crippen molar-refractivity contribution in [3.05, 3.63) is 36.1 Å². The summed E-state index contributed by atoms with van der Waals surface area (Å²) in [6.45, 7) is -0.891. The van der Waals surface area contributed by atoms with Crippen molar-refractivity contribution in [3.63, 3.8) is 0 Å². The summed E-state index contributed by atoms with van der Waals surface area (Å²) in [5.41, 5.74) is -1.04. The Morgan fingerprint density at radius 1 is 1.08 bits per heavy atom. The topological polar surface area (TPSA) is 197 Å². The number of phenolic OH excluding ortho intramolecular Hbond substituents is 1.